The SMILES string of the molecule is C=C(C)/C(=C(C)\N=C/CCNc1cc(Cl)cc(F)c1C)c1ccc(F)cc1. The Morgan fingerprint density at radius 2 is 1.85 bits per heavy atom. The van der Waals surface area contributed by atoms with Crippen molar-refractivity contribution in [3.8, 4) is 0 Å². The molecule has 0 radical (unpaired) electrons. The van der Waals surface area contributed by atoms with E-state index in [1.54, 1.807) is 31.3 Å². The highest BCUT2D eigenvalue weighted by Gasteiger charge is 2.07. The fraction of sp³-hybridized carbons (Fsp3) is 0.227. The zero-order valence-electron chi connectivity index (χ0n) is 15.7. The summed E-state index contributed by atoms with van der Waals surface area (Å²) in [4.78, 5) is 4.49. The molecule has 0 atom stereocenters. The van der Waals surface area contributed by atoms with Crippen LogP contribution in [0, 0.1) is 18.6 Å². The van der Waals surface area contributed by atoms with Crippen LogP contribution in [0.5, 0.6) is 0 Å². The van der Waals surface area contributed by atoms with E-state index in [9.17, 15) is 8.78 Å². The highest BCUT2D eigenvalue weighted by Crippen LogP contribution is 2.26. The van der Waals surface area contributed by atoms with Crippen LogP contribution in [-0.2, 0) is 0 Å². The first-order chi connectivity index (χ1) is 12.8. The van der Waals surface area contributed by atoms with Crippen molar-refractivity contribution >= 4 is 29.1 Å². The first-order valence-corrected chi connectivity index (χ1v) is 9.02. The number of rotatable bonds is 7. The molecule has 0 saturated heterocycles. The maximum Gasteiger partial charge on any atom is 0.129 e. The van der Waals surface area contributed by atoms with Gasteiger partial charge in [-0.2, -0.15) is 0 Å². The number of allylic oxidation sites excluding steroid dienone is 3. The third-order valence-corrected chi connectivity index (χ3v) is 4.32. The largest absolute Gasteiger partial charge is 0.384 e. The lowest BCUT2D eigenvalue weighted by molar-refractivity contribution is 0.619. The maximum atomic E-state index is 13.7. The minimum atomic E-state index is -0.331. The van der Waals surface area contributed by atoms with Crippen LogP contribution < -0.4 is 5.32 Å². The Morgan fingerprint density at radius 3 is 2.48 bits per heavy atom. The van der Waals surface area contributed by atoms with Gasteiger partial charge in [0.15, 0.2) is 0 Å². The van der Waals surface area contributed by atoms with Gasteiger partial charge in [-0.3, -0.25) is 4.99 Å². The molecule has 0 heterocycles. The standard InChI is InChI=1S/C22H23ClF2N2/c1-14(2)22(17-6-8-19(24)9-7-17)16(4)26-10-5-11-27-21-13-18(23)12-20(25)15(21)3/h6-10,12-13,27H,1,5,11H2,2-4H3/b22-16+,26-10-. The van der Waals surface area contributed by atoms with E-state index in [2.05, 4.69) is 16.9 Å². The van der Waals surface area contributed by atoms with Crippen LogP contribution in [0.2, 0.25) is 5.02 Å². The predicted octanol–water partition coefficient (Wildman–Crippen LogP) is 6.81. The molecular formula is C22H23ClF2N2. The van der Waals surface area contributed by atoms with Crippen LogP contribution in [0.3, 0.4) is 0 Å². The zero-order chi connectivity index (χ0) is 20.0. The molecule has 0 aliphatic carbocycles. The van der Waals surface area contributed by atoms with Crippen LogP contribution in [-0.4, -0.2) is 12.8 Å². The minimum Gasteiger partial charge on any atom is -0.384 e. The molecule has 2 aromatic rings. The third kappa shape index (κ3) is 5.76. The summed E-state index contributed by atoms with van der Waals surface area (Å²) in [5.41, 5.74) is 4.65. The number of benzene rings is 2. The maximum absolute atomic E-state index is 13.7. The van der Waals surface area contributed by atoms with Crippen molar-refractivity contribution in [2.45, 2.75) is 27.2 Å². The fourth-order valence-corrected chi connectivity index (χ4v) is 2.95. The summed E-state index contributed by atoms with van der Waals surface area (Å²) < 4.78 is 26.8. The molecule has 2 rings (SSSR count). The quantitative estimate of drug-likeness (QED) is 0.314. The molecule has 1 N–H and O–H groups in total. The van der Waals surface area contributed by atoms with Crippen LogP contribution in [0.25, 0.3) is 5.57 Å². The second-order valence-corrected chi connectivity index (χ2v) is 6.77. The molecule has 5 heteroatoms. The van der Waals surface area contributed by atoms with E-state index in [-0.39, 0.29) is 11.6 Å². The van der Waals surface area contributed by atoms with Crippen molar-refractivity contribution in [3.05, 3.63) is 82.0 Å². The highest BCUT2D eigenvalue weighted by molar-refractivity contribution is 6.30. The summed E-state index contributed by atoms with van der Waals surface area (Å²) in [6.07, 6.45) is 2.45. The Labute approximate surface area is 164 Å². The Hall–Kier alpha value is -2.46. The summed E-state index contributed by atoms with van der Waals surface area (Å²) in [7, 11) is 0. The van der Waals surface area contributed by atoms with Gasteiger partial charge in [0.2, 0.25) is 0 Å². The summed E-state index contributed by atoms with van der Waals surface area (Å²) in [5, 5.41) is 3.53. The molecule has 2 nitrogen and oxygen atoms in total. The minimum absolute atomic E-state index is 0.278. The molecule has 0 amide bonds. The van der Waals surface area contributed by atoms with Crippen LogP contribution >= 0.6 is 11.6 Å². The molecule has 0 aromatic heterocycles. The lowest BCUT2D eigenvalue weighted by Crippen LogP contribution is -2.04. The van der Waals surface area contributed by atoms with Gasteiger partial charge < -0.3 is 5.32 Å². The molecule has 0 unspecified atom stereocenters. The normalized spacial score (nSPS) is 12.2. The number of nitrogens with one attached hydrogen (secondary N) is 1. The molecule has 0 fully saturated rings. The van der Waals surface area contributed by atoms with Gasteiger partial charge in [-0.05, 0) is 56.2 Å². The zero-order valence-corrected chi connectivity index (χ0v) is 16.5. The van der Waals surface area contributed by atoms with Crippen LogP contribution in [0.1, 0.15) is 31.4 Å². The monoisotopic (exact) mass is 388 g/mol. The van der Waals surface area contributed by atoms with Gasteiger partial charge in [-0.15, -0.1) is 0 Å². The second kappa shape index (κ2) is 9.47. The van der Waals surface area contributed by atoms with Crippen molar-refractivity contribution in [2.75, 3.05) is 11.9 Å². The second-order valence-electron chi connectivity index (χ2n) is 6.33. The number of hydrogen-bond acceptors (Lipinski definition) is 2. The lowest BCUT2D eigenvalue weighted by Gasteiger charge is -2.11. The Balaban J connectivity index is 2.04. The summed E-state index contributed by atoms with van der Waals surface area (Å²) >= 11 is 5.89. The average Bonchev–Trinajstić information content (AvgIpc) is 2.60. The summed E-state index contributed by atoms with van der Waals surface area (Å²) in [6, 6.07) is 9.28. The fourth-order valence-electron chi connectivity index (χ4n) is 2.75. The van der Waals surface area contributed by atoms with Crippen LogP contribution in [0.4, 0.5) is 14.5 Å². The lowest BCUT2D eigenvalue weighted by atomic mass is 9.98. The van der Waals surface area contributed by atoms with Gasteiger partial charge >= 0.3 is 0 Å². The van der Waals surface area contributed by atoms with Gasteiger partial charge in [-0.1, -0.05) is 30.3 Å². The third-order valence-electron chi connectivity index (χ3n) is 4.10. The summed E-state index contributed by atoms with van der Waals surface area (Å²) in [6.45, 7) is 10.1. The van der Waals surface area contributed by atoms with Crippen molar-refractivity contribution in [1.29, 1.82) is 0 Å². The molecule has 142 valence electrons. The number of nitrogens with zero attached hydrogens (tertiary/aromatic N) is 1. The van der Waals surface area contributed by atoms with E-state index in [1.165, 1.54) is 18.2 Å². The Kier molecular flexibility index (Phi) is 7.31. The van der Waals surface area contributed by atoms with Gasteiger partial charge in [0.05, 0.1) is 0 Å². The van der Waals surface area contributed by atoms with Crippen LogP contribution in [0.15, 0.2) is 59.2 Å². The van der Waals surface area contributed by atoms with Gasteiger partial charge in [0, 0.05) is 46.7 Å². The summed E-state index contributed by atoms with van der Waals surface area (Å²) in [5.74, 6) is -0.609. The van der Waals surface area contributed by atoms with Gasteiger partial charge in [0.25, 0.3) is 0 Å². The molecule has 0 aliphatic rings. The van der Waals surface area contributed by atoms with E-state index < -0.39 is 0 Å². The first kappa shape index (κ1) is 20.8. The number of halogens is 3. The Bertz CT molecular complexity index is 884. The van der Waals surface area contributed by atoms with Gasteiger partial charge in [-0.25, -0.2) is 8.78 Å². The van der Waals surface area contributed by atoms with Crippen molar-refractivity contribution in [3.63, 3.8) is 0 Å². The molecule has 0 saturated carbocycles. The first-order valence-electron chi connectivity index (χ1n) is 8.64. The topological polar surface area (TPSA) is 24.4 Å². The van der Waals surface area contributed by atoms with E-state index in [0.29, 0.717) is 29.2 Å². The number of hydrogen-bond donors (Lipinski definition) is 1. The molecular weight excluding hydrogens is 366 g/mol. The number of aliphatic imine (C=N–C) groups is 1. The molecule has 27 heavy (non-hydrogen) atoms. The smallest absolute Gasteiger partial charge is 0.129 e. The highest BCUT2D eigenvalue weighted by atomic mass is 35.5. The average molecular weight is 389 g/mol. The Morgan fingerprint density at radius 1 is 1.19 bits per heavy atom. The van der Waals surface area contributed by atoms with Crippen molar-refractivity contribution < 1.29 is 8.78 Å². The van der Waals surface area contributed by atoms with Crippen molar-refractivity contribution in [1.82, 2.24) is 0 Å². The molecule has 2 aromatic carbocycles. The van der Waals surface area contributed by atoms with E-state index in [0.717, 1.165) is 22.4 Å². The van der Waals surface area contributed by atoms with E-state index >= 15 is 0 Å². The number of anilines is 1. The van der Waals surface area contributed by atoms with Gasteiger partial charge in [0.1, 0.15) is 11.6 Å². The van der Waals surface area contributed by atoms with E-state index in [1.807, 2.05) is 13.8 Å². The molecule has 0 spiro atoms. The predicted molar refractivity (Wildman–Crippen MR) is 112 cm³/mol. The molecule has 0 aliphatic heterocycles. The van der Waals surface area contributed by atoms with Crippen molar-refractivity contribution in [2.24, 2.45) is 4.99 Å². The van der Waals surface area contributed by atoms with E-state index in [4.69, 9.17) is 11.6 Å². The molecule has 0 bridgehead atoms.